The first-order valence-electron chi connectivity index (χ1n) is 5.74. The molecule has 0 radical (unpaired) electrons. The summed E-state index contributed by atoms with van der Waals surface area (Å²) in [5.74, 6) is -1.03. The van der Waals surface area contributed by atoms with Crippen molar-refractivity contribution in [1.82, 2.24) is 14.8 Å². The van der Waals surface area contributed by atoms with E-state index in [2.05, 4.69) is 10.2 Å². The second kappa shape index (κ2) is 4.30. The average molecular weight is 290 g/mol. The Labute approximate surface area is 112 Å². The van der Waals surface area contributed by atoms with E-state index >= 15 is 0 Å². The summed E-state index contributed by atoms with van der Waals surface area (Å²) in [6.07, 6.45) is -4.47. The number of hydrazone groups is 1. The van der Waals surface area contributed by atoms with E-state index in [-0.39, 0.29) is 22.0 Å². The van der Waals surface area contributed by atoms with E-state index in [1.807, 2.05) is 0 Å². The van der Waals surface area contributed by atoms with Gasteiger partial charge in [0.2, 0.25) is 0 Å². The lowest BCUT2D eigenvalue weighted by Crippen LogP contribution is -2.56. The average Bonchev–Trinajstić information content (AvgIpc) is 2.77. The fourth-order valence-electron chi connectivity index (χ4n) is 2.08. The lowest BCUT2D eigenvalue weighted by atomic mass is 10.1. The topological polar surface area (TPSA) is 70.7 Å². The molecular formula is C11H13F3N4O2. The summed E-state index contributed by atoms with van der Waals surface area (Å²) in [4.78, 5) is 12.2. The highest BCUT2D eigenvalue weighted by Gasteiger charge is 2.62. The van der Waals surface area contributed by atoms with Crippen LogP contribution in [0.5, 0.6) is 0 Å². The number of rotatable bonds is 1. The summed E-state index contributed by atoms with van der Waals surface area (Å²) in [7, 11) is 1.54. The number of amides is 1. The maximum absolute atomic E-state index is 13.0. The zero-order chi connectivity index (χ0) is 15.3. The molecule has 1 aliphatic rings. The molecule has 0 saturated carbocycles. The van der Waals surface area contributed by atoms with Crippen LogP contribution in [0.1, 0.15) is 29.4 Å². The Hall–Kier alpha value is -1.90. The van der Waals surface area contributed by atoms with Crippen LogP contribution in [0.3, 0.4) is 0 Å². The monoisotopic (exact) mass is 290 g/mol. The van der Waals surface area contributed by atoms with Gasteiger partial charge in [-0.25, -0.2) is 0 Å². The Balaban J connectivity index is 2.44. The van der Waals surface area contributed by atoms with E-state index in [9.17, 15) is 23.1 Å². The molecule has 1 amide bonds. The van der Waals surface area contributed by atoms with Gasteiger partial charge in [0.05, 0.1) is 11.3 Å². The molecular weight excluding hydrogens is 277 g/mol. The van der Waals surface area contributed by atoms with Crippen LogP contribution in [0, 0.1) is 6.92 Å². The fourth-order valence-corrected chi connectivity index (χ4v) is 2.08. The minimum Gasteiger partial charge on any atom is -0.362 e. The second-order valence-corrected chi connectivity index (χ2v) is 4.75. The van der Waals surface area contributed by atoms with Crippen molar-refractivity contribution < 1.29 is 23.1 Å². The van der Waals surface area contributed by atoms with Crippen molar-refractivity contribution in [3.63, 3.8) is 0 Å². The van der Waals surface area contributed by atoms with Crippen molar-refractivity contribution in [1.29, 1.82) is 0 Å². The molecule has 9 heteroatoms. The summed E-state index contributed by atoms with van der Waals surface area (Å²) in [5, 5.41) is 17.3. The van der Waals surface area contributed by atoms with Gasteiger partial charge < -0.3 is 5.11 Å². The molecule has 0 unspecified atom stereocenters. The van der Waals surface area contributed by atoms with Crippen LogP contribution < -0.4 is 0 Å². The van der Waals surface area contributed by atoms with Gasteiger partial charge in [0.15, 0.2) is 0 Å². The summed E-state index contributed by atoms with van der Waals surface area (Å²) < 4.78 is 40.3. The Kier molecular flexibility index (Phi) is 3.12. The van der Waals surface area contributed by atoms with Gasteiger partial charge >= 0.3 is 6.18 Å². The van der Waals surface area contributed by atoms with Crippen LogP contribution in [0.25, 0.3) is 0 Å². The number of aromatic nitrogens is 2. The Bertz CT molecular complexity index is 593. The summed E-state index contributed by atoms with van der Waals surface area (Å²) in [6.45, 7) is 2.81. The van der Waals surface area contributed by atoms with E-state index in [4.69, 9.17) is 0 Å². The summed E-state index contributed by atoms with van der Waals surface area (Å²) >= 11 is 0. The van der Waals surface area contributed by atoms with Gasteiger partial charge in [-0.2, -0.15) is 28.4 Å². The SMILES string of the molecule is CC1=NN(C(=O)c2cn(C)nc2C)[C@](O)(C(F)(F)F)C1. The molecule has 0 saturated heterocycles. The van der Waals surface area contributed by atoms with E-state index in [1.165, 1.54) is 31.8 Å². The number of carbonyl (C=O) groups is 1. The highest BCUT2D eigenvalue weighted by Crippen LogP contribution is 2.40. The minimum atomic E-state index is -5.00. The normalized spacial score (nSPS) is 23.1. The third-order valence-corrected chi connectivity index (χ3v) is 3.01. The number of nitrogens with zero attached hydrogens (tertiary/aromatic N) is 4. The number of aliphatic hydroxyl groups is 1. The highest BCUT2D eigenvalue weighted by atomic mass is 19.4. The zero-order valence-electron chi connectivity index (χ0n) is 11.1. The molecule has 2 heterocycles. The second-order valence-electron chi connectivity index (χ2n) is 4.75. The zero-order valence-corrected chi connectivity index (χ0v) is 11.1. The maximum atomic E-state index is 13.0. The molecule has 0 spiro atoms. The van der Waals surface area contributed by atoms with Crippen molar-refractivity contribution >= 4 is 11.6 Å². The molecule has 1 aromatic heterocycles. The number of carbonyl (C=O) groups excluding carboxylic acids is 1. The Morgan fingerprint density at radius 3 is 2.50 bits per heavy atom. The molecule has 0 bridgehead atoms. The predicted molar refractivity (Wildman–Crippen MR) is 62.8 cm³/mol. The van der Waals surface area contributed by atoms with Gasteiger partial charge in [0.1, 0.15) is 0 Å². The lowest BCUT2D eigenvalue weighted by Gasteiger charge is -2.32. The van der Waals surface area contributed by atoms with E-state index in [0.29, 0.717) is 0 Å². The number of aryl methyl sites for hydroxylation is 2. The first-order chi connectivity index (χ1) is 9.06. The molecule has 1 aromatic rings. The summed E-state index contributed by atoms with van der Waals surface area (Å²) in [5.41, 5.74) is -3.05. The predicted octanol–water partition coefficient (Wildman–Crippen LogP) is 1.20. The quantitative estimate of drug-likeness (QED) is 0.845. The van der Waals surface area contributed by atoms with Gasteiger partial charge in [-0.15, -0.1) is 0 Å². The van der Waals surface area contributed by atoms with Crippen molar-refractivity contribution in [2.45, 2.75) is 32.2 Å². The molecule has 110 valence electrons. The molecule has 1 atom stereocenters. The number of halogens is 3. The smallest absolute Gasteiger partial charge is 0.362 e. The highest BCUT2D eigenvalue weighted by molar-refractivity contribution is 5.98. The summed E-state index contributed by atoms with van der Waals surface area (Å²) in [6, 6.07) is 0. The molecule has 0 fully saturated rings. The number of alkyl halides is 3. The van der Waals surface area contributed by atoms with Gasteiger partial charge in [-0.1, -0.05) is 0 Å². The van der Waals surface area contributed by atoms with E-state index in [1.54, 1.807) is 0 Å². The molecule has 1 aliphatic heterocycles. The fraction of sp³-hybridized carbons (Fsp3) is 0.545. The van der Waals surface area contributed by atoms with Gasteiger partial charge in [-0.3, -0.25) is 9.48 Å². The lowest BCUT2D eigenvalue weighted by molar-refractivity contribution is -0.297. The van der Waals surface area contributed by atoms with Crippen molar-refractivity contribution in [2.75, 3.05) is 0 Å². The van der Waals surface area contributed by atoms with E-state index < -0.39 is 24.2 Å². The van der Waals surface area contributed by atoms with Crippen LogP contribution >= 0.6 is 0 Å². The molecule has 1 N–H and O–H groups in total. The van der Waals surface area contributed by atoms with Crippen LogP contribution in [0.4, 0.5) is 13.2 Å². The minimum absolute atomic E-state index is 0.0275. The molecule has 0 aromatic carbocycles. The van der Waals surface area contributed by atoms with Gasteiger partial charge in [0, 0.05) is 25.4 Å². The standard InChI is InChI=1S/C11H13F3N4O2/c1-6-4-10(20,11(12,13)14)18(15-6)9(19)8-5-17(3)16-7(8)2/h5,20H,4H2,1-3H3/t10-/m1/s1. The van der Waals surface area contributed by atoms with Crippen LogP contribution in [-0.4, -0.2) is 43.4 Å². The van der Waals surface area contributed by atoms with E-state index in [0.717, 1.165) is 0 Å². The number of hydrogen-bond donors (Lipinski definition) is 1. The molecule has 6 nitrogen and oxygen atoms in total. The third kappa shape index (κ3) is 2.07. The molecule has 2 rings (SSSR count). The van der Waals surface area contributed by atoms with Crippen LogP contribution in [0.15, 0.2) is 11.3 Å². The van der Waals surface area contributed by atoms with Crippen LogP contribution in [-0.2, 0) is 7.05 Å². The van der Waals surface area contributed by atoms with Crippen molar-refractivity contribution in [3.05, 3.63) is 17.5 Å². The third-order valence-electron chi connectivity index (χ3n) is 3.01. The first kappa shape index (κ1) is 14.5. The molecule has 20 heavy (non-hydrogen) atoms. The van der Waals surface area contributed by atoms with Crippen molar-refractivity contribution in [3.8, 4) is 0 Å². The molecule has 0 aliphatic carbocycles. The number of hydrogen-bond acceptors (Lipinski definition) is 4. The van der Waals surface area contributed by atoms with Crippen LogP contribution in [0.2, 0.25) is 0 Å². The van der Waals surface area contributed by atoms with Gasteiger partial charge in [0.25, 0.3) is 11.6 Å². The first-order valence-corrected chi connectivity index (χ1v) is 5.74. The largest absolute Gasteiger partial charge is 0.438 e. The Morgan fingerprint density at radius 2 is 2.05 bits per heavy atom. The van der Waals surface area contributed by atoms with Crippen molar-refractivity contribution in [2.24, 2.45) is 12.1 Å². The maximum Gasteiger partial charge on any atom is 0.438 e. The Morgan fingerprint density at radius 1 is 1.45 bits per heavy atom. The van der Waals surface area contributed by atoms with Gasteiger partial charge in [-0.05, 0) is 13.8 Å².